The second-order valence-corrected chi connectivity index (χ2v) is 6.70. The molecule has 0 spiro atoms. The molecule has 0 saturated carbocycles. The minimum absolute atomic E-state index is 0.104. The largest absolute Gasteiger partial charge is 0.368 e. The van der Waals surface area contributed by atoms with Crippen LogP contribution < -0.4 is 5.56 Å². The summed E-state index contributed by atoms with van der Waals surface area (Å²) in [5.41, 5.74) is 2.07. The van der Waals surface area contributed by atoms with Gasteiger partial charge < -0.3 is 9.64 Å². The number of nitrogens with zero attached hydrogens (tertiary/aromatic N) is 3. The van der Waals surface area contributed by atoms with Gasteiger partial charge >= 0.3 is 0 Å². The number of ether oxygens (including phenoxy) is 1. The Morgan fingerprint density at radius 3 is 2.73 bits per heavy atom. The Hall–Kier alpha value is -2.57. The molecule has 5 nitrogen and oxygen atoms in total. The molecular weight excluding hydrogens is 333 g/mol. The van der Waals surface area contributed by atoms with Gasteiger partial charge in [0, 0.05) is 20.1 Å². The highest BCUT2D eigenvalue weighted by Gasteiger charge is 2.24. The number of rotatable bonds is 2. The summed E-state index contributed by atoms with van der Waals surface area (Å²) in [5.74, 6) is 0.323. The van der Waals surface area contributed by atoms with Gasteiger partial charge in [-0.25, -0.2) is 9.37 Å². The molecule has 1 unspecified atom stereocenters. The Bertz CT molecular complexity index is 1030. The van der Waals surface area contributed by atoms with Gasteiger partial charge in [0.05, 0.1) is 17.5 Å². The topological polar surface area (TPSA) is 47.4 Å². The second-order valence-electron chi connectivity index (χ2n) is 6.70. The first kappa shape index (κ1) is 16.9. The van der Waals surface area contributed by atoms with Gasteiger partial charge in [0.15, 0.2) is 0 Å². The highest BCUT2D eigenvalue weighted by Crippen LogP contribution is 2.25. The van der Waals surface area contributed by atoms with E-state index in [1.165, 1.54) is 12.1 Å². The average molecular weight is 353 g/mol. The fourth-order valence-electron chi connectivity index (χ4n) is 3.36. The van der Waals surface area contributed by atoms with Gasteiger partial charge in [-0.05, 0) is 42.4 Å². The van der Waals surface area contributed by atoms with Gasteiger partial charge in [-0.1, -0.05) is 18.2 Å². The molecule has 0 radical (unpaired) electrons. The number of halogens is 1. The standard InChI is InChI=1S/C20H20FN3O2/c1-23-8-9-26-18(12-23)19-22-17-11-14(13-4-3-5-15(21)10-13)6-7-16(17)20(25)24(19)2/h3-7,10-11,18H,8-9,12H2,1-2H3. The molecule has 1 saturated heterocycles. The van der Waals surface area contributed by atoms with Crippen LogP contribution >= 0.6 is 0 Å². The summed E-state index contributed by atoms with van der Waals surface area (Å²) in [6.07, 6.45) is -0.242. The zero-order valence-corrected chi connectivity index (χ0v) is 14.8. The lowest BCUT2D eigenvalue weighted by molar-refractivity contribution is -0.0272. The molecule has 0 bridgehead atoms. The van der Waals surface area contributed by atoms with Crippen LogP contribution in [0.1, 0.15) is 11.9 Å². The molecule has 2 heterocycles. The molecule has 4 rings (SSSR count). The van der Waals surface area contributed by atoms with Crippen LogP contribution in [0.5, 0.6) is 0 Å². The monoisotopic (exact) mass is 353 g/mol. The number of morpholine rings is 1. The molecule has 1 aromatic heterocycles. The number of benzene rings is 2. The Morgan fingerprint density at radius 2 is 1.96 bits per heavy atom. The normalized spacial score (nSPS) is 18.3. The van der Waals surface area contributed by atoms with Crippen LogP contribution in [-0.2, 0) is 11.8 Å². The first-order valence-electron chi connectivity index (χ1n) is 8.60. The van der Waals surface area contributed by atoms with Crippen molar-refractivity contribution in [3.05, 3.63) is 64.5 Å². The van der Waals surface area contributed by atoms with Gasteiger partial charge in [-0.3, -0.25) is 9.36 Å². The van der Waals surface area contributed by atoms with E-state index in [4.69, 9.17) is 9.72 Å². The van der Waals surface area contributed by atoms with Crippen molar-refractivity contribution < 1.29 is 9.13 Å². The Labute approximate surface area is 150 Å². The summed E-state index contributed by atoms with van der Waals surface area (Å²) in [6.45, 7) is 2.16. The number of hydrogen-bond donors (Lipinski definition) is 0. The van der Waals surface area contributed by atoms with Crippen molar-refractivity contribution in [1.29, 1.82) is 0 Å². The molecule has 134 valence electrons. The molecule has 1 atom stereocenters. The predicted molar refractivity (Wildman–Crippen MR) is 98.6 cm³/mol. The maximum absolute atomic E-state index is 13.5. The molecule has 1 aliphatic heterocycles. The van der Waals surface area contributed by atoms with Gasteiger partial charge in [-0.15, -0.1) is 0 Å². The minimum atomic E-state index is -0.293. The molecule has 0 amide bonds. The van der Waals surface area contributed by atoms with E-state index in [2.05, 4.69) is 4.90 Å². The van der Waals surface area contributed by atoms with E-state index in [0.717, 1.165) is 17.7 Å². The zero-order chi connectivity index (χ0) is 18.3. The smallest absolute Gasteiger partial charge is 0.261 e. The van der Waals surface area contributed by atoms with Crippen LogP contribution in [0.15, 0.2) is 47.3 Å². The summed E-state index contributed by atoms with van der Waals surface area (Å²) in [4.78, 5) is 19.6. The van der Waals surface area contributed by atoms with Crippen molar-refractivity contribution in [2.24, 2.45) is 7.05 Å². The predicted octanol–water partition coefficient (Wildman–Crippen LogP) is 2.74. The molecule has 2 aromatic carbocycles. The molecule has 0 N–H and O–H groups in total. The van der Waals surface area contributed by atoms with Gasteiger partial charge in [0.2, 0.25) is 0 Å². The molecule has 0 aliphatic carbocycles. The highest BCUT2D eigenvalue weighted by atomic mass is 19.1. The Kier molecular flexibility index (Phi) is 4.30. The fourth-order valence-corrected chi connectivity index (χ4v) is 3.36. The molecule has 1 fully saturated rings. The van der Waals surface area contributed by atoms with Crippen molar-refractivity contribution in [3.8, 4) is 11.1 Å². The second kappa shape index (κ2) is 6.63. The van der Waals surface area contributed by atoms with Crippen molar-refractivity contribution >= 4 is 10.9 Å². The molecule has 1 aliphatic rings. The van der Waals surface area contributed by atoms with Gasteiger partial charge in [-0.2, -0.15) is 0 Å². The third-order valence-electron chi connectivity index (χ3n) is 4.83. The first-order valence-corrected chi connectivity index (χ1v) is 8.60. The minimum Gasteiger partial charge on any atom is -0.368 e. The van der Waals surface area contributed by atoms with E-state index in [1.54, 1.807) is 23.7 Å². The SMILES string of the molecule is CN1CCOC(c2nc3cc(-c4cccc(F)c4)ccc3c(=O)n2C)C1. The van der Waals surface area contributed by atoms with E-state index in [1.807, 2.05) is 25.2 Å². The lowest BCUT2D eigenvalue weighted by Crippen LogP contribution is -2.38. The van der Waals surface area contributed by atoms with Crippen LogP contribution in [0.3, 0.4) is 0 Å². The maximum Gasteiger partial charge on any atom is 0.261 e. The molecule has 26 heavy (non-hydrogen) atoms. The van der Waals surface area contributed by atoms with E-state index in [0.29, 0.717) is 29.9 Å². The summed E-state index contributed by atoms with van der Waals surface area (Å²) >= 11 is 0. The highest BCUT2D eigenvalue weighted by molar-refractivity contribution is 5.83. The zero-order valence-electron chi connectivity index (χ0n) is 14.8. The summed E-state index contributed by atoms with van der Waals surface area (Å²) in [6, 6.07) is 11.8. The third-order valence-corrected chi connectivity index (χ3v) is 4.83. The van der Waals surface area contributed by atoms with E-state index in [9.17, 15) is 9.18 Å². The lowest BCUT2D eigenvalue weighted by Gasteiger charge is -2.30. The van der Waals surface area contributed by atoms with Crippen molar-refractivity contribution in [2.45, 2.75) is 6.10 Å². The van der Waals surface area contributed by atoms with E-state index >= 15 is 0 Å². The average Bonchev–Trinajstić information content (AvgIpc) is 2.64. The molecule has 3 aromatic rings. The lowest BCUT2D eigenvalue weighted by atomic mass is 10.0. The van der Waals surface area contributed by atoms with Crippen LogP contribution in [0.25, 0.3) is 22.0 Å². The van der Waals surface area contributed by atoms with Gasteiger partial charge in [0.25, 0.3) is 5.56 Å². The summed E-state index contributed by atoms with van der Waals surface area (Å²) in [5, 5.41) is 0.542. The fraction of sp³-hybridized carbons (Fsp3) is 0.300. The molecular formula is C20H20FN3O2. The number of aromatic nitrogens is 2. The maximum atomic E-state index is 13.5. The quantitative estimate of drug-likeness (QED) is 0.711. The van der Waals surface area contributed by atoms with Crippen LogP contribution in [0.2, 0.25) is 0 Å². The number of fused-ring (bicyclic) bond motifs is 1. The van der Waals surface area contributed by atoms with Gasteiger partial charge in [0.1, 0.15) is 17.7 Å². The third kappa shape index (κ3) is 3.02. The summed E-state index contributed by atoms with van der Waals surface area (Å²) in [7, 11) is 3.75. The van der Waals surface area contributed by atoms with Crippen LogP contribution in [0.4, 0.5) is 4.39 Å². The first-order chi connectivity index (χ1) is 12.5. The molecule has 6 heteroatoms. The number of likely N-dealkylation sites (N-methyl/N-ethyl adjacent to an activating group) is 1. The van der Waals surface area contributed by atoms with E-state index < -0.39 is 0 Å². The summed E-state index contributed by atoms with van der Waals surface area (Å²) < 4.78 is 20.9. The van der Waals surface area contributed by atoms with E-state index in [-0.39, 0.29) is 17.5 Å². The van der Waals surface area contributed by atoms with Crippen molar-refractivity contribution in [1.82, 2.24) is 14.5 Å². The van der Waals surface area contributed by atoms with Crippen molar-refractivity contribution in [2.75, 3.05) is 26.7 Å². The Morgan fingerprint density at radius 1 is 1.15 bits per heavy atom. The number of hydrogen-bond acceptors (Lipinski definition) is 4. The Balaban J connectivity index is 1.84. The van der Waals surface area contributed by atoms with Crippen LogP contribution in [0, 0.1) is 5.82 Å². The van der Waals surface area contributed by atoms with Crippen molar-refractivity contribution in [3.63, 3.8) is 0 Å². The van der Waals surface area contributed by atoms with Crippen LogP contribution in [-0.4, -0.2) is 41.2 Å².